The molecule has 0 bridgehead atoms. The van der Waals surface area contributed by atoms with Gasteiger partial charge in [-0.15, -0.1) is 0 Å². The van der Waals surface area contributed by atoms with Gasteiger partial charge in [0, 0.05) is 36.9 Å². The van der Waals surface area contributed by atoms with Crippen molar-refractivity contribution in [2.24, 2.45) is 0 Å². The number of hydrogen-bond donors (Lipinski definition) is 3. The van der Waals surface area contributed by atoms with E-state index in [2.05, 4.69) is 51.4 Å². The van der Waals surface area contributed by atoms with Gasteiger partial charge in [-0.05, 0) is 100 Å². The van der Waals surface area contributed by atoms with Crippen LogP contribution in [0, 0.1) is 5.82 Å². The molecule has 1 unspecified atom stereocenters. The van der Waals surface area contributed by atoms with Gasteiger partial charge in [-0.3, -0.25) is 9.88 Å². The first-order valence-electron chi connectivity index (χ1n) is 17.4. The fourth-order valence-corrected chi connectivity index (χ4v) is 8.24. The van der Waals surface area contributed by atoms with Gasteiger partial charge < -0.3 is 30.1 Å². The molecule has 4 heterocycles. The maximum absolute atomic E-state index is 16.9. The molecular formula is C37H46FN7O4. The maximum atomic E-state index is 16.9. The van der Waals surface area contributed by atoms with Crippen molar-refractivity contribution in [3.63, 3.8) is 0 Å². The van der Waals surface area contributed by atoms with E-state index in [1.807, 2.05) is 18.2 Å². The molecule has 11 nitrogen and oxygen atoms in total. The van der Waals surface area contributed by atoms with Crippen LogP contribution >= 0.6 is 0 Å². The number of anilines is 1. The number of phenolic OH excluding ortho intramolecular Hbond substituents is 1. The summed E-state index contributed by atoms with van der Waals surface area (Å²) in [6, 6.07) is 9.35. The first kappa shape index (κ1) is 33.2. The summed E-state index contributed by atoms with van der Waals surface area (Å²) < 4.78 is 28.7. The van der Waals surface area contributed by atoms with Crippen LogP contribution in [0.1, 0.15) is 57.4 Å². The highest BCUT2D eigenvalue weighted by atomic mass is 19.1. The van der Waals surface area contributed by atoms with E-state index in [1.165, 1.54) is 0 Å². The lowest BCUT2D eigenvalue weighted by Gasteiger charge is -2.47. The SMILES string of the molecule is CCc1cccc2cc(O)cc(-c3ncc4c(NCC5(N(C)C)CCC5)nc(OCC56CCCN5[C@@H](COC(=O)NC)CC6)nc4c3F)c12. The average Bonchev–Trinajstić information content (AvgIpc) is 3.64. The maximum Gasteiger partial charge on any atom is 0.406 e. The third-order valence-electron chi connectivity index (χ3n) is 11.3. The van der Waals surface area contributed by atoms with Crippen molar-refractivity contribution >= 4 is 33.6 Å². The smallest absolute Gasteiger partial charge is 0.406 e. The Morgan fingerprint density at radius 2 is 2.00 bits per heavy atom. The van der Waals surface area contributed by atoms with Gasteiger partial charge in [0.1, 0.15) is 36.0 Å². The molecule has 1 amide bonds. The third kappa shape index (κ3) is 5.99. The number of carbonyl (C=O) groups excluding carboxylic acids is 1. The molecule has 12 heteroatoms. The Bertz CT molecular complexity index is 1880. The van der Waals surface area contributed by atoms with Gasteiger partial charge in [-0.2, -0.15) is 9.97 Å². The Balaban J connectivity index is 1.26. The molecule has 3 fully saturated rings. The number of nitrogens with zero attached hydrogens (tertiary/aromatic N) is 5. The molecule has 1 saturated carbocycles. The highest BCUT2D eigenvalue weighted by molar-refractivity contribution is 6.01. The van der Waals surface area contributed by atoms with Crippen LogP contribution in [-0.2, 0) is 11.2 Å². The van der Waals surface area contributed by atoms with Crippen molar-refractivity contribution in [3.8, 4) is 23.0 Å². The molecule has 2 saturated heterocycles. The molecule has 260 valence electrons. The molecule has 2 aromatic heterocycles. The molecule has 0 radical (unpaired) electrons. The third-order valence-corrected chi connectivity index (χ3v) is 11.3. The quantitative estimate of drug-likeness (QED) is 0.178. The molecular weight excluding hydrogens is 625 g/mol. The number of alkyl carbamates (subject to hydrolysis) is 1. The standard InChI is InChI=1S/C37H46FN7O4/c1-5-23-9-6-10-24-17-26(46)18-27(29(23)24)31-30(38)32-28(19-40-31)33(41-21-36(44(3)4)12-7-13-36)43-34(42-32)49-22-37-14-8-16-45(37)25(11-15-37)20-48-35(47)39-2/h6,9-10,17-19,25,46H,5,7-8,11-16,20-22H2,1-4H3,(H,39,47)(H,41,42,43)/t25-,37?/m1/s1. The zero-order valence-corrected chi connectivity index (χ0v) is 28.8. The number of aromatic hydroxyl groups is 1. The number of aromatic nitrogens is 3. The number of rotatable bonds is 11. The highest BCUT2D eigenvalue weighted by Crippen LogP contribution is 2.43. The van der Waals surface area contributed by atoms with Gasteiger partial charge in [0.2, 0.25) is 0 Å². The number of nitrogens with one attached hydrogen (secondary N) is 2. The second-order valence-corrected chi connectivity index (χ2v) is 14.1. The molecule has 2 aromatic carbocycles. The number of halogens is 1. The van der Waals surface area contributed by atoms with E-state index in [1.54, 1.807) is 25.4 Å². The second kappa shape index (κ2) is 13.2. The summed E-state index contributed by atoms with van der Waals surface area (Å²) in [6.07, 6.45) is 8.94. The lowest BCUT2D eigenvalue weighted by molar-refractivity contribution is 0.0555. The Hall–Kier alpha value is -4.29. The molecule has 0 spiro atoms. The number of benzene rings is 2. The first-order chi connectivity index (χ1) is 23.7. The van der Waals surface area contributed by atoms with E-state index in [9.17, 15) is 9.90 Å². The summed E-state index contributed by atoms with van der Waals surface area (Å²) in [5.41, 5.74) is 1.53. The van der Waals surface area contributed by atoms with E-state index in [4.69, 9.17) is 14.5 Å². The second-order valence-electron chi connectivity index (χ2n) is 14.1. The summed E-state index contributed by atoms with van der Waals surface area (Å²) in [5, 5.41) is 18.8. The van der Waals surface area contributed by atoms with Crippen LogP contribution in [0.25, 0.3) is 32.9 Å². The van der Waals surface area contributed by atoms with E-state index < -0.39 is 11.9 Å². The van der Waals surface area contributed by atoms with Crippen molar-refractivity contribution in [3.05, 3.63) is 47.9 Å². The molecule has 4 aromatic rings. The summed E-state index contributed by atoms with van der Waals surface area (Å²) in [5.74, 6) is -0.0776. The van der Waals surface area contributed by atoms with Crippen LogP contribution in [0.5, 0.6) is 11.8 Å². The number of amides is 1. The number of ether oxygens (including phenoxy) is 2. The van der Waals surface area contributed by atoms with Crippen molar-refractivity contribution in [2.45, 2.75) is 75.4 Å². The van der Waals surface area contributed by atoms with E-state index in [0.717, 1.165) is 74.2 Å². The van der Waals surface area contributed by atoms with Crippen LogP contribution < -0.4 is 15.4 Å². The first-order valence-corrected chi connectivity index (χ1v) is 17.4. The number of pyridine rings is 1. The number of fused-ring (bicyclic) bond motifs is 3. The Labute approximate surface area is 286 Å². The fraction of sp³-hybridized carbons (Fsp3) is 0.514. The Morgan fingerprint density at radius 1 is 1.16 bits per heavy atom. The van der Waals surface area contributed by atoms with Crippen LogP contribution in [0.4, 0.5) is 15.0 Å². The number of hydrogen-bond acceptors (Lipinski definition) is 10. The summed E-state index contributed by atoms with van der Waals surface area (Å²) >= 11 is 0. The normalized spacial score (nSPS) is 21.6. The topological polar surface area (TPSA) is 125 Å². The van der Waals surface area contributed by atoms with E-state index >= 15 is 4.39 Å². The molecule has 1 aliphatic carbocycles. The minimum absolute atomic E-state index is 0.0137. The lowest BCUT2D eigenvalue weighted by Crippen LogP contribution is -2.54. The Kier molecular flexibility index (Phi) is 8.95. The van der Waals surface area contributed by atoms with E-state index in [-0.39, 0.29) is 40.1 Å². The highest BCUT2D eigenvalue weighted by Gasteiger charge is 2.50. The molecule has 3 N–H and O–H groups in total. The predicted octanol–water partition coefficient (Wildman–Crippen LogP) is 5.88. The summed E-state index contributed by atoms with van der Waals surface area (Å²) in [6.45, 7) is 4.24. The monoisotopic (exact) mass is 671 g/mol. The van der Waals surface area contributed by atoms with Crippen molar-refractivity contribution in [2.75, 3.05) is 52.8 Å². The average molecular weight is 672 g/mol. The number of likely N-dealkylation sites (N-methyl/N-ethyl adjacent to an activating group) is 1. The zero-order chi connectivity index (χ0) is 34.3. The van der Waals surface area contributed by atoms with Crippen LogP contribution in [0.15, 0.2) is 36.5 Å². The Morgan fingerprint density at radius 3 is 2.73 bits per heavy atom. The largest absolute Gasteiger partial charge is 0.508 e. The molecule has 7 rings (SSSR count). The van der Waals surface area contributed by atoms with Gasteiger partial charge in [-0.25, -0.2) is 9.18 Å². The minimum atomic E-state index is -0.593. The van der Waals surface area contributed by atoms with Gasteiger partial charge in [0.25, 0.3) is 0 Å². The zero-order valence-electron chi connectivity index (χ0n) is 28.8. The molecule has 2 aliphatic heterocycles. The van der Waals surface area contributed by atoms with Crippen molar-refractivity contribution in [1.82, 2.24) is 30.1 Å². The van der Waals surface area contributed by atoms with Gasteiger partial charge >= 0.3 is 12.1 Å². The predicted molar refractivity (Wildman–Crippen MR) is 188 cm³/mol. The van der Waals surface area contributed by atoms with Gasteiger partial charge in [-0.1, -0.05) is 25.1 Å². The molecule has 2 atom stereocenters. The van der Waals surface area contributed by atoms with Crippen LogP contribution in [-0.4, -0.2) is 101 Å². The van der Waals surface area contributed by atoms with Gasteiger partial charge in [0.05, 0.1) is 10.9 Å². The molecule has 3 aliphatic rings. The van der Waals surface area contributed by atoms with Crippen LogP contribution in [0.2, 0.25) is 0 Å². The minimum Gasteiger partial charge on any atom is -0.508 e. The number of carbonyl (C=O) groups is 1. The molecule has 49 heavy (non-hydrogen) atoms. The lowest BCUT2D eigenvalue weighted by atomic mass is 9.75. The van der Waals surface area contributed by atoms with Crippen LogP contribution in [0.3, 0.4) is 0 Å². The van der Waals surface area contributed by atoms with E-state index in [0.29, 0.717) is 36.5 Å². The fourth-order valence-electron chi connectivity index (χ4n) is 8.24. The number of aryl methyl sites for hydroxylation is 1. The van der Waals surface area contributed by atoms with Gasteiger partial charge in [0.15, 0.2) is 5.82 Å². The summed E-state index contributed by atoms with van der Waals surface area (Å²) in [7, 11) is 5.74. The van der Waals surface area contributed by atoms with Crippen molar-refractivity contribution in [1.29, 1.82) is 0 Å². The summed E-state index contributed by atoms with van der Waals surface area (Å²) in [4.78, 5) is 30.6. The number of phenols is 1. The van der Waals surface area contributed by atoms with Crippen molar-refractivity contribution < 1.29 is 23.8 Å².